The molecule has 0 radical (unpaired) electrons. The summed E-state index contributed by atoms with van der Waals surface area (Å²) in [4.78, 5) is 25.4. The Hall–Kier alpha value is -4.65. The third kappa shape index (κ3) is 4.90. The predicted octanol–water partition coefficient (Wildman–Crippen LogP) is 5.36. The van der Waals surface area contributed by atoms with Crippen LogP contribution in [0, 0.1) is 0 Å². The van der Waals surface area contributed by atoms with Gasteiger partial charge in [0.05, 0.1) is 18.0 Å². The molecular weight excluding hydrogens is 454 g/mol. The summed E-state index contributed by atoms with van der Waals surface area (Å²) < 4.78 is 12.9. The smallest absolute Gasteiger partial charge is 0.349 e. The van der Waals surface area contributed by atoms with Crippen LogP contribution in [0.25, 0.3) is 27.9 Å². The Balaban J connectivity index is 1.46. The first-order chi connectivity index (χ1) is 17.6. The number of aromatic nitrogens is 2. The number of nitrogens with one attached hydrogen (secondary N) is 1. The van der Waals surface area contributed by atoms with Gasteiger partial charge in [-0.3, -0.25) is 4.79 Å². The number of para-hydroxylation sites is 2. The highest BCUT2D eigenvalue weighted by atomic mass is 16.5. The van der Waals surface area contributed by atoms with Crippen LogP contribution in [0.15, 0.2) is 100 Å². The zero-order chi connectivity index (χ0) is 24.9. The predicted molar refractivity (Wildman–Crippen MR) is 138 cm³/mol. The molecule has 2 aromatic heterocycles. The van der Waals surface area contributed by atoms with Crippen molar-refractivity contribution in [1.29, 1.82) is 0 Å². The quantitative estimate of drug-likeness (QED) is 0.303. The van der Waals surface area contributed by atoms with Gasteiger partial charge in [-0.1, -0.05) is 55.5 Å². The second kappa shape index (κ2) is 10.3. The van der Waals surface area contributed by atoms with E-state index in [4.69, 9.17) is 14.3 Å². The summed E-state index contributed by atoms with van der Waals surface area (Å²) in [6.45, 7) is 2.86. The summed E-state index contributed by atoms with van der Waals surface area (Å²) in [6.07, 6.45) is 2.79. The van der Waals surface area contributed by atoms with Crippen molar-refractivity contribution in [3.05, 3.63) is 113 Å². The number of nitrogens with zero attached hydrogens (tertiary/aromatic N) is 2. The van der Waals surface area contributed by atoms with Gasteiger partial charge in [-0.2, -0.15) is 5.10 Å². The summed E-state index contributed by atoms with van der Waals surface area (Å²) >= 11 is 0. The van der Waals surface area contributed by atoms with Crippen LogP contribution in [0.5, 0.6) is 5.75 Å². The lowest BCUT2D eigenvalue weighted by molar-refractivity contribution is 0.0947. The summed E-state index contributed by atoms with van der Waals surface area (Å²) in [5, 5.41) is 8.36. The van der Waals surface area contributed by atoms with Gasteiger partial charge in [0.2, 0.25) is 0 Å². The van der Waals surface area contributed by atoms with Crippen LogP contribution in [-0.2, 0) is 6.54 Å². The number of hydrogen-bond acceptors (Lipinski definition) is 5. The molecule has 180 valence electrons. The van der Waals surface area contributed by atoms with Crippen LogP contribution < -0.4 is 15.7 Å². The number of ether oxygens (including phenoxy) is 1. The van der Waals surface area contributed by atoms with Crippen LogP contribution >= 0.6 is 0 Å². The highest BCUT2D eigenvalue weighted by molar-refractivity contribution is 5.96. The molecular formula is C29H25N3O4. The molecule has 0 saturated carbocycles. The van der Waals surface area contributed by atoms with E-state index in [1.165, 1.54) is 0 Å². The van der Waals surface area contributed by atoms with E-state index in [0.29, 0.717) is 23.3 Å². The number of fused-ring (bicyclic) bond motifs is 1. The fourth-order valence-corrected chi connectivity index (χ4v) is 3.94. The van der Waals surface area contributed by atoms with E-state index in [1.54, 1.807) is 28.9 Å². The van der Waals surface area contributed by atoms with E-state index >= 15 is 0 Å². The number of rotatable bonds is 8. The molecule has 0 saturated heterocycles. The second-order valence-corrected chi connectivity index (χ2v) is 8.33. The largest absolute Gasteiger partial charge is 0.494 e. The van der Waals surface area contributed by atoms with Gasteiger partial charge < -0.3 is 14.5 Å². The van der Waals surface area contributed by atoms with Gasteiger partial charge in [-0.05, 0) is 42.8 Å². The minimum absolute atomic E-state index is 0.0411. The molecule has 1 N–H and O–H groups in total. The molecule has 0 aliphatic heterocycles. The summed E-state index contributed by atoms with van der Waals surface area (Å²) in [5.41, 5.74) is 3.00. The van der Waals surface area contributed by atoms with Gasteiger partial charge in [-0.25, -0.2) is 9.48 Å². The first-order valence-electron chi connectivity index (χ1n) is 11.8. The van der Waals surface area contributed by atoms with Crippen molar-refractivity contribution in [3.8, 4) is 22.7 Å². The minimum atomic E-state index is -0.674. The standard InChI is InChI=1S/C29H25N3O4/c1-2-15-35-24-13-8-10-21(16-24)27-22(19-32(31-27)23-11-4-3-5-12-23)18-30-28(33)25-17-20-9-6-7-14-26(20)36-29(25)34/h3-14,16-17,19H,2,15,18H2,1H3,(H,30,33). The highest BCUT2D eigenvalue weighted by Crippen LogP contribution is 2.27. The maximum absolute atomic E-state index is 13.0. The van der Waals surface area contributed by atoms with Gasteiger partial charge >= 0.3 is 5.63 Å². The van der Waals surface area contributed by atoms with E-state index < -0.39 is 11.5 Å². The van der Waals surface area contributed by atoms with Gasteiger partial charge in [0.15, 0.2) is 0 Å². The Bertz CT molecular complexity index is 1570. The molecule has 5 rings (SSSR count). The van der Waals surface area contributed by atoms with Gasteiger partial charge in [0.1, 0.15) is 16.9 Å². The maximum atomic E-state index is 13.0. The number of amides is 1. The van der Waals surface area contributed by atoms with Crippen LogP contribution in [-0.4, -0.2) is 22.3 Å². The third-order valence-electron chi connectivity index (χ3n) is 5.72. The number of benzene rings is 3. The normalized spacial score (nSPS) is 10.9. The lowest BCUT2D eigenvalue weighted by atomic mass is 10.1. The van der Waals surface area contributed by atoms with Crippen molar-refractivity contribution in [2.24, 2.45) is 0 Å². The summed E-state index contributed by atoms with van der Waals surface area (Å²) in [5.74, 6) is 0.250. The van der Waals surface area contributed by atoms with Crippen LogP contribution in [0.3, 0.4) is 0 Å². The maximum Gasteiger partial charge on any atom is 0.349 e. The molecule has 0 aliphatic rings. The van der Waals surface area contributed by atoms with Crippen LogP contribution in [0.4, 0.5) is 0 Å². The molecule has 7 nitrogen and oxygen atoms in total. The summed E-state index contributed by atoms with van der Waals surface area (Å²) in [6, 6.07) is 26.1. The van der Waals surface area contributed by atoms with Gasteiger partial charge in [-0.15, -0.1) is 0 Å². The molecule has 3 aromatic carbocycles. The van der Waals surface area contributed by atoms with Crippen molar-refractivity contribution in [1.82, 2.24) is 15.1 Å². The Morgan fingerprint density at radius 1 is 1.00 bits per heavy atom. The van der Waals surface area contributed by atoms with E-state index in [9.17, 15) is 9.59 Å². The topological polar surface area (TPSA) is 86.4 Å². The van der Waals surface area contributed by atoms with Gasteiger partial charge in [0.25, 0.3) is 5.91 Å². The number of hydrogen-bond donors (Lipinski definition) is 1. The van der Waals surface area contributed by atoms with Crippen LogP contribution in [0.2, 0.25) is 0 Å². The monoisotopic (exact) mass is 479 g/mol. The van der Waals surface area contributed by atoms with Crippen molar-refractivity contribution in [2.75, 3.05) is 6.61 Å². The average Bonchev–Trinajstić information content (AvgIpc) is 3.35. The minimum Gasteiger partial charge on any atom is -0.494 e. The summed E-state index contributed by atoms with van der Waals surface area (Å²) in [7, 11) is 0. The van der Waals surface area contributed by atoms with E-state index in [2.05, 4.69) is 12.2 Å². The van der Waals surface area contributed by atoms with Crippen molar-refractivity contribution in [2.45, 2.75) is 19.9 Å². The fourth-order valence-electron chi connectivity index (χ4n) is 3.94. The Morgan fingerprint density at radius 2 is 1.81 bits per heavy atom. The molecule has 0 atom stereocenters. The number of carbonyl (C=O) groups is 1. The number of carbonyl (C=O) groups excluding carboxylic acids is 1. The average molecular weight is 480 g/mol. The Morgan fingerprint density at radius 3 is 2.64 bits per heavy atom. The molecule has 5 aromatic rings. The second-order valence-electron chi connectivity index (χ2n) is 8.33. The molecule has 2 heterocycles. The zero-order valence-corrected chi connectivity index (χ0v) is 19.8. The third-order valence-corrected chi connectivity index (χ3v) is 5.72. The van der Waals surface area contributed by atoms with Crippen molar-refractivity contribution in [3.63, 3.8) is 0 Å². The van der Waals surface area contributed by atoms with E-state index in [-0.39, 0.29) is 12.1 Å². The molecule has 0 spiro atoms. The molecule has 0 unspecified atom stereocenters. The molecule has 7 heteroatoms. The molecule has 1 amide bonds. The first-order valence-corrected chi connectivity index (χ1v) is 11.8. The van der Waals surface area contributed by atoms with E-state index in [1.807, 2.05) is 66.9 Å². The first kappa shape index (κ1) is 23.1. The van der Waals surface area contributed by atoms with E-state index in [0.717, 1.165) is 29.0 Å². The fraction of sp³-hybridized carbons (Fsp3) is 0.138. The lowest BCUT2D eigenvalue weighted by Gasteiger charge is -2.08. The van der Waals surface area contributed by atoms with Crippen molar-refractivity contribution >= 4 is 16.9 Å². The molecule has 0 bridgehead atoms. The van der Waals surface area contributed by atoms with Gasteiger partial charge in [0, 0.05) is 29.3 Å². The molecule has 36 heavy (non-hydrogen) atoms. The lowest BCUT2D eigenvalue weighted by Crippen LogP contribution is -2.27. The van der Waals surface area contributed by atoms with Crippen LogP contribution in [0.1, 0.15) is 29.3 Å². The highest BCUT2D eigenvalue weighted by Gasteiger charge is 2.17. The molecule has 0 fully saturated rings. The Labute approximate surface area is 208 Å². The van der Waals surface area contributed by atoms with Crippen molar-refractivity contribution < 1.29 is 13.9 Å². The zero-order valence-electron chi connectivity index (χ0n) is 19.8. The SMILES string of the molecule is CCCOc1cccc(-c2nn(-c3ccccc3)cc2CNC(=O)c2cc3ccccc3oc2=O)c1. The Kier molecular flexibility index (Phi) is 6.62. The molecule has 0 aliphatic carbocycles.